The molecule has 8 aromatic carbocycles. The average molecular weight is 654 g/mol. The number of hydrogen-bond acceptors (Lipinski definition) is 2. The molecular formula is C49H35NO. The normalized spacial score (nSPS) is 13.2. The second-order valence-electron chi connectivity index (χ2n) is 14.1. The van der Waals surface area contributed by atoms with E-state index >= 15 is 0 Å². The molecule has 1 aliphatic heterocycles. The smallest absolute Gasteiger partial charge is 0.135 e. The molecule has 0 bridgehead atoms. The van der Waals surface area contributed by atoms with Crippen LogP contribution >= 0.6 is 0 Å². The van der Waals surface area contributed by atoms with Gasteiger partial charge in [-0.1, -0.05) is 141 Å². The number of benzene rings is 8. The Labute approximate surface area is 298 Å². The molecule has 0 amide bonds. The largest absolute Gasteiger partial charge is 0.456 e. The van der Waals surface area contributed by atoms with Gasteiger partial charge in [0.05, 0.1) is 5.69 Å². The minimum absolute atomic E-state index is 0.134. The Morgan fingerprint density at radius 2 is 1.08 bits per heavy atom. The standard InChI is InChI=1S/C49H35NO/c1-49(2)43-21-10-9-17-38(43)42-20-12-22-44(48(42)49)50(35-15-7-4-8-16-35)36-26-23-32(24-27-36)34-25-28-39-41-19-11-18-40-37(33-13-5-3-6-14-33)29-30-45(47(40)41)51-46(39)31-34/h3-31H,1-2H3. The van der Waals surface area contributed by atoms with Gasteiger partial charge in [-0.05, 0) is 104 Å². The molecule has 0 aromatic heterocycles. The van der Waals surface area contributed by atoms with Gasteiger partial charge in [-0.15, -0.1) is 0 Å². The first-order chi connectivity index (χ1) is 25.1. The predicted molar refractivity (Wildman–Crippen MR) is 213 cm³/mol. The van der Waals surface area contributed by atoms with Crippen LogP contribution in [0.5, 0.6) is 11.5 Å². The fraction of sp³-hybridized carbons (Fsp3) is 0.0612. The molecule has 0 atom stereocenters. The highest BCUT2D eigenvalue weighted by atomic mass is 16.5. The molecule has 2 nitrogen and oxygen atoms in total. The topological polar surface area (TPSA) is 12.5 Å². The molecule has 0 fully saturated rings. The molecular weight excluding hydrogens is 619 g/mol. The average Bonchev–Trinajstić information content (AvgIpc) is 3.42. The maximum Gasteiger partial charge on any atom is 0.135 e. The Bertz CT molecular complexity index is 2620. The molecule has 2 aliphatic rings. The van der Waals surface area contributed by atoms with Crippen molar-refractivity contribution < 1.29 is 4.74 Å². The van der Waals surface area contributed by atoms with E-state index in [9.17, 15) is 0 Å². The van der Waals surface area contributed by atoms with Gasteiger partial charge in [-0.2, -0.15) is 0 Å². The predicted octanol–water partition coefficient (Wildman–Crippen LogP) is 13.7. The van der Waals surface area contributed by atoms with E-state index in [1.807, 2.05) is 0 Å². The highest BCUT2D eigenvalue weighted by Gasteiger charge is 2.38. The number of fused-ring (bicyclic) bond motifs is 5. The molecule has 10 rings (SSSR count). The van der Waals surface area contributed by atoms with Crippen molar-refractivity contribution in [3.63, 3.8) is 0 Å². The van der Waals surface area contributed by atoms with Crippen molar-refractivity contribution in [2.75, 3.05) is 4.90 Å². The summed E-state index contributed by atoms with van der Waals surface area (Å²) in [5, 5.41) is 2.38. The summed E-state index contributed by atoms with van der Waals surface area (Å²) in [5.74, 6) is 1.79. The van der Waals surface area contributed by atoms with Crippen molar-refractivity contribution >= 4 is 27.8 Å². The Morgan fingerprint density at radius 1 is 0.431 bits per heavy atom. The minimum atomic E-state index is -0.134. The van der Waals surface area contributed by atoms with Crippen LogP contribution in [0.1, 0.15) is 25.0 Å². The fourth-order valence-corrected chi connectivity index (χ4v) is 8.49. The Balaban J connectivity index is 1.04. The van der Waals surface area contributed by atoms with E-state index < -0.39 is 0 Å². The lowest BCUT2D eigenvalue weighted by molar-refractivity contribution is 0.487. The van der Waals surface area contributed by atoms with Crippen LogP contribution < -0.4 is 9.64 Å². The second-order valence-corrected chi connectivity index (χ2v) is 14.1. The highest BCUT2D eigenvalue weighted by Crippen LogP contribution is 2.54. The Hall–Kier alpha value is -6.38. The molecule has 0 radical (unpaired) electrons. The monoisotopic (exact) mass is 653 g/mol. The third-order valence-electron chi connectivity index (χ3n) is 10.9. The van der Waals surface area contributed by atoms with Crippen LogP contribution in [-0.4, -0.2) is 0 Å². The van der Waals surface area contributed by atoms with Crippen molar-refractivity contribution in [1.29, 1.82) is 0 Å². The lowest BCUT2D eigenvalue weighted by atomic mass is 9.81. The zero-order valence-electron chi connectivity index (χ0n) is 28.6. The van der Waals surface area contributed by atoms with E-state index in [1.54, 1.807) is 0 Å². The van der Waals surface area contributed by atoms with E-state index in [0.29, 0.717) is 0 Å². The van der Waals surface area contributed by atoms with E-state index in [-0.39, 0.29) is 5.41 Å². The van der Waals surface area contributed by atoms with Crippen molar-refractivity contribution in [3.8, 4) is 56.0 Å². The van der Waals surface area contributed by atoms with Crippen molar-refractivity contribution in [3.05, 3.63) is 187 Å². The maximum atomic E-state index is 6.66. The van der Waals surface area contributed by atoms with Crippen LogP contribution in [0.25, 0.3) is 55.3 Å². The number of nitrogens with zero attached hydrogens (tertiary/aromatic N) is 1. The molecule has 0 spiro atoms. The SMILES string of the molecule is CC1(C)c2ccccc2-c2cccc(N(c3ccccc3)c3ccc(-c4ccc5c(c4)Oc4ccc(-c6ccccc6)c6cccc-5c46)cc3)c21. The molecule has 0 saturated heterocycles. The van der Waals surface area contributed by atoms with Crippen molar-refractivity contribution in [2.24, 2.45) is 0 Å². The van der Waals surface area contributed by atoms with Gasteiger partial charge in [0.1, 0.15) is 11.5 Å². The summed E-state index contributed by atoms with van der Waals surface area (Å²) in [6.45, 7) is 4.71. The van der Waals surface area contributed by atoms with Crippen LogP contribution in [0.15, 0.2) is 176 Å². The first-order valence-electron chi connectivity index (χ1n) is 17.7. The van der Waals surface area contributed by atoms with E-state index in [0.717, 1.165) is 39.6 Å². The lowest BCUT2D eigenvalue weighted by Gasteiger charge is -2.32. The fourth-order valence-electron chi connectivity index (χ4n) is 8.49. The summed E-state index contributed by atoms with van der Waals surface area (Å²) in [4.78, 5) is 2.41. The second kappa shape index (κ2) is 11.3. The van der Waals surface area contributed by atoms with Gasteiger partial charge in [-0.3, -0.25) is 0 Å². The summed E-state index contributed by atoms with van der Waals surface area (Å²) in [5.41, 5.74) is 15.7. The van der Waals surface area contributed by atoms with Crippen LogP contribution in [-0.2, 0) is 5.41 Å². The molecule has 1 aliphatic carbocycles. The van der Waals surface area contributed by atoms with E-state index in [4.69, 9.17) is 4.74 Å². The number of ether oxygens (including phenoxy) is 1. The minimum Gasteiger partial charge on any atom is -0.456 e. The quantitative estimate of drug-likeness (QED) is 0.183. The van der Waals surface area contributed by atoms with Crippen molar-refractivity contribution in [2.45, 2.75) is 19.3 Å². The van der Waals surface area contributed by atoms with Gasteiger partial charge in [0.25, 0.3) is 0 Å². The van der Waals surface area contributed by atoms with Crippen LogP contribution in [0.2, 0.25) is 0 Å². The van der Waals surface area contributed by atoms with Gasteiger partial charge in [0.15, 0.2) is 0 Å². The summed E-state index contributed by atoms with van der Waals surface area (Å²) >= 11 is 0. The third-order valence-corrected chi connectivity index (χ3v) is 10.9. The first kappa shape index (κ1) is 29.5. The van der Waals surface area contributed by atoms with E-state index in [1.165, 1.54) is 55.4 Å². The summed E-state index contributed by atoms with van der Waals surface area (Å²) < 4.78 is 6.66. The van der Waals surface area contributed by atoms with Gasteiger partial charge in [-0.25, -0.2) is 0 Å². The van der Waals surface area contributed by atoms with Crippen LogP contribution in [0.4, 0.5) is 17.1 Å². The Kier molecular flexibility index (Phi) is 6.56. The summed E-state index contributed by atoms with van der Waals surface area (Å²) in [7, 11) is 0. The maximum absolute atomic E-state index is 6.66. The highest BCUT2D eigenvalue weighted by molar-refractivity contribution is 6.10. The van der Waals surface area contributed by atoms with Crippen molar-refractivity contribution in [1.82, 2.24) is 0 Å². The van der Waals surface area contributed by atoms with Gasteiger partial charge in [0, 0.05) is 27.7 Å². The number of hydrogen-bond donors (Lipinski definition) is 0. The first-order valence-corrected chi connectivity index (χ1v) is 17.7. The molecule has 51 heavy (non-hydrogen) atoms. The molecule has 242 valence electrons. The van der Waals surface area contributed by atoms with Gasteiger partial charge >= 0.3 is 0 Å². The zero-order valence-corrected chi connectivity index (χ0v) is 28.6. The molecule has 0 unspecified atom stereocenters. The number of para-hydroxylation sites is 1. The van der Waals surface area contributed by atoms with E-state index in [2.05, 4.69) is 195 Å². The Morgan fingerprint density at radius 3 is 1.90 bits per heavy atom. The van der Waals surface area contributed by atoms with Crippen LogP contribution in [0, 0.1) is 0 Å². The number of rotatable bonds is 5. The zero-order chi connectivity index (χ0) is 34.1. The van der Waals surface area contributed by atoms with Crippen LogP contribution in [0.3, 0.4) is 0 Å². The molecule has 0 saturated carbocycles. The molecule has 2 heteroatoms. The molecule has 1 heterocycles. The van der Waals surface area contributed by atoms with Gasteiger partial charge < -0.3 is 9.64 Å². The molecule has 0 N–H and O–H groups in total. The summed E-state index contributed by atoms with van der Waals surface area (Å²) in [6, 6.07) is 63.4. The third kappa shape index (κ3) is 4.57. The number of anilines is 3. The summed E-state index contributed by atoms with van der Waals surface area (Å²) in [6.07, 6.45) is 0. The lowest BCUT2D eigenvalue weighted by Crippen LogP contribution is -2.20. The molecule has 8 aromatic rings. The van der Waals surface area contributed by atoms with Gasteiger partial charge in [0.2, 0.25) is 0 Å².